The van der Waals surface area contributed by atoms with Crippen LogP contribution in [0.4, 0.5) is 30.8 Å². The zero-order chi connectivity index (χ0) is 31.7. The number of imide groups is 1. The number of aromatic nitrogens is 3. The topological polar surface area (TPSA) is 142 Å². The number of urea groups is 1. The summed E-state index contributed by atoms with van der Waals surface area (Å²) in [5.41, 5.74) is 0.692. The standard InChI is InChI=1S/C31H31F2N7O5/c1-17(16-44-2)35-28-26-25(12-13-34-27(26)37-38-28)45-24-11-8-19(14-23(24)33)36-29(41)22-15-39(20-4-3-5-20)31(43)40(30(22)42)21-9-6-18(32)7-10-21/h6-14,17,20,22H,3-5,15-16H2,1-2H3,(H,36,41)(H2,34,35,37,38)/t17-,22?/m1/s1. The molecule has 0 radical (unpaired) electrons. The third-order valence-corrected chi connectivity index (χ3v) is 7.89. The number of ether oxygens (including phenoxy) is 2. The first-order chi connectivity index (χ1) is 21.7. The molecule has 45 heavy (non-hydrogen) atoms. The maximum absolute atomic E-state index is 15.3. The molecule has 2 aromatic heterocycles. The van der Waals surface area contributed by atoms with E-state index in [1.165, 1.54) is 35.4 Å². The normalized spacial score (nSPS) is 17.7. The van der Waals surface area contributed by atoms with Crippen LogP contribution in [0, 0.1) is 17.6 Å². The Hall–Kier alpha value is -5.11. The smallest absolute Gasteiger partial charge is 0.331 e. The molecule has 6 rings (SSSR count). The zero-order valence-electron chi connectivity index (χ0n) is 24.5. The number of anilines is 3. The van der Waals surface area contributed by atoms with Crippen molar-refractivity contribution >= 4 is 46.1 Å². The van der Waals surface area contributed by atoms with Crippen LogP contribution in [0.25, 0.3) is 11.0 Å². The number of hydrogen-bond acceptors (Lipinski definition) is 8. The number of carbonyl (C=O) groups excluding carboxylic acids is 3. The molecule has 3 heterocycles. The summed E-state index contributed by atoms with van der Waals surface area (Å²) in [7, 11) is 1.59. The van der Waals surface area contributed by atoms with Gasteiger partial charge in [-0.15, -0.1) is 0 Å². The Kier molecular flexibility index (Phi) is 8.30. The van der Waals surface area contributed by atoms with E-state index < -0.39 is 35.4 Å². The molecule has 1 saturated carbocycles. The van der Waals surface area contributed by atoms with Crippen LogP contribution < -0.4 is 20.3 Å². The average Bonchev–Trinajstić information content (AvgIpc) is 3.39. The summed E-state index contributed by atoms with van der Waals surface area (Å²) in [4.78, 5) is 46.9. The first kappa shape index (κ1) is 29.9. The van der Waals surface area contributed by atoms with Crippen molar-refractivity contribution in [3.8, 4) is 11.5 Å². The van der Waals surface area contributed by atoms with Gasteiger partial charge in [0.25, 0.3) is 0 Å². The fourth-order valence-electron chi connectivity index (χ4n) is 5.40. The van der Waals surface area contributed by atoms with E-state index in [1.54, 1.807) is 13.2 Å². The van der Waals surface area contributed by atoms with Gasteiger partial charge in [0, 0.05) is 49.8 Å². The second-order valence-corrected chi connectivity index (χ2v) is 11.1. The summed E-state index contributed by atoms with van der Waals surface area (Å²) >= 11 is 0. The van der Waals surface area contributed by atoms with Gasteiger partial charge in [0.05, 0.1) is 12.3 Å². The predicted molar refractivity (Wildman–Crippen MR) is 161 cm³/mol. The molecule has 4 amide bonds. The zero-order valence-corrected chi connectivity index (χ0v) is 24.5. The van der Waals surface area contributed by atoms with Crippen LogP contribution in [0.1, 0.15) is 26.2 Å². The number of rotatable bonds is 10. The predicted octanol–water partition coefficient (Wildman–Crippen LogP) is 5.05. The maximum atomic E-state index is 15.3. The van der Waals surface area contributed by atoms with E-state index in [2.05, 4.69) is 25.8 Å². The van der Waals surface area contributed by atoms with Gasteiger partial charge >= 0.3 is 6.03 Å². The Balaban J connectivity index is 1.20. The molecule has 1 aliphatic heterocycles. The Morgan fingerprint density at radius 2 is 1.89 bits per heavy atom. The quantitative estimate of drug-likeness (QED) is 0.210. The number of nitrogens with one attached hydrogen (secondary N) is 3. The van der Waals surface area contributed by atoms with Crippen LogP contribution in [0.2, 0.25) is 0 Å². The van der Waals surface area contributed by atoms with E-state index in [4.69, 9.17) is 9.47 Å². The van der Waals surface area contributed by atoms with Crippen molar-refractivity contribution in [2.75, 3.05) is 35.8 Å². The highest BCUT2D eigenvalue weighted by Gasteiger charge is 2.46. The van der Waals surface area contributed by atoms with Gasteiger partial charge in [0.1, 0.15) is 22.9 Å². The minimum absolute atomic E-state index is 0.0769. The lowest BCUT2D eigenvalue weighted by Gasteiger charge is -2.44. The van der Waals surface area contributed by atoms with E-state index in [-0.39, 0.29) is 35.8 Å². The van der Waals surface area contributed by atoms with Gasteiger partial charge in [-0.1, -0.05) is 0 Å². The van der Waals surface area contributed by atoms with Crippen molar-refractivity contribution in [2.45, 2.75) is 38.3 Å². The fraction of sp³-hybridized carbons (Fsp3) is 0.323. The number of methoxy groups -OCH3 is 1. The minimum atomic E-state index is -1.26. The lowest BCUT2D eigenvalue weighted by Crippen LogP contribution is -2.63. The molecule has 14 heteroatoms. The van der Waals surface area contributed by atoms with Crippen LogP contribution in [-0.2, 0) is 14.3 Å². The van der Waals surface area contributed by atoms with E-state index in [9.17, 15) is 18.8 Å². The van der Waals surface area contributed by atoms with Gasteiger partial charge in [-0.2, -0.15) is 5.10 Å². The first-order valence-corrected chi connectivity index (χ1v) is 14.5. The van der Waals surface area contributed by atoms with Crippen molar-refractivity contribution < 1.29 is 32.6 Å². The second kappa shape index (κ2) is 12.5. The first-order valence-electron chi connectivity index (χ1n) is 14.5. The van der Waals surface area contributed by atoms with Gasteiger partial charge in [-0.25, -0.2) is 23.5 Å². The summed E-state index contributed by atoms with van der Waals surface area (Å²) in [6, 6.07) is 9.65. The van der Waals surface area contributed by atoms with E-state index in [0.717, 1.165) is 42.4 Å². The lowest BCUT2D eigenvalue weighted by atomic mass is 9.89. The number of amides is 4. The molecular weight excluding hydrogens is 588 g/mol. The van der Waals surface area contributed by atoms with E-state index >= 15 is 4.39 Å². The SMILES string of the molecule is COC[C@@H](C)Nc1n[nH]c2nccc(Oc3ccc(NC(=O)C4CN(C5CCC5)C(=O)N(c5ccc(F)cc5)C4=O)cc3F)c12. The molecule has 1 saturated heterocycles. The van der Waals surface area contributed by atoms with E-state index in [0.29, 0.717) is 29.2 Å². The number of halogens is 2. The molecule has 12 nitrogen and oxygen atoms in total. The molecule has 2 atom stereocenters. The molecule has 0 bridgehead atoms. The molecule has 1 aliphatic carbocycles. The fourth-order valence-corrected chi connectivity index (χ4v) is 5.40. The molecule has 4 aromatic rings. The van der Waals surface area contributed by atoms with Crippen molar-refractivity contribution in [2.24, 2.45) is 5.92 Å². The van der Waals surface area contributed by atoms with Gasteiger partial charge in [-0.05, 0) is 62.6 Å². The third-order valence-electron chi connectivity index (χ3n) is 7.89. The highest BCUT2D eigenvalue weighted by Crippen LogP contribution is 2.36. The summed E-state index contributed by atoms with van der Waals surface area (Å²) in [5.74, 6) is -3.35. The molecule has 2 fully saturated rings. The van der Waals surface area contributed by atoms with Crippen LogP contribution in [0.5, 0.6) is 11.5 Å². The summed E-state index contributed by atoms with van der Waals surface area (Å²) in [6.45, 7) is 2.23. The Morgan fingerprint density at radius 1 is 1.11 bits per heavy atom. The maximum Gasteiger partial charge on any atom is 0.331 e. The number of nitrogens with zero attached hydrogens (tertiary/aromatic N) is 4. The van der Waals surface area contributed by atoms with Gasteiger partial charge in [0.2, 0.25) is 11.8 Å². The average molecular weight is 620 g/mol. The van der Waals surface area contributed by atoms with Crippen LogP contribution in [0.15, 0.2) is 54.7 Å². The lowest BCUT2D eigenvalue weighted by molar-refractivity contribution is -0.132. The summed E-state index contributed by atoms with van der Waals surface area (Å²) in [6.07, 6.45) is 3.94. The number of hydrogen-bond donors (Lipinski definition) is 3. The molecule has 1 unspecified atom stereocenters. The van der Waals surface area contributed by atoms with Crippen LogP contribution in [0.3, 0.4) is 0 Å². The highest BCUT2D eigenvalue weighted by molar-refractivity contribution is 6.23. The molecular formula is C31H31F2N7O5. The van der Waals surface area contributed by atoms with Gasteiger partial charge in [0.15, 0.2) is 23.0 Å². The molecule has 3 N–H and O–H groups in total. The number of fused-ring (bicyclic) bond motifs is 1. The number of aromatic amines is 1. The van der Waals surface area contributed by atoms with E-state index in [1.807, 2.05) is 6.92 Å². The van der Waals surface area contributed by atoms with Gasteiger partial charge in [-0.3, -0.25) is 14.7 Å². The molecule has 2 aliphatic rings. The number of benzene rings is 2. The molecule has 0 spiro atoms. The number of pyridine rings is 1. The Morgan fingerprint density at radius 3 is 2.58 bits per heavy atom. The van der Waals surface area contributed by atoms with Crippen molar-refractivity contribution in [3.63, 3.8) is 0 Å². The van der Waals surface area contributed by atoms with Crippen molar-refractivity contribution in [1.29, 1.82) is 0 Å². The summed E-state index contributed by atoms with van der Waals surface area (Å²) < 4.78 is 40.0. The Labute approximate surface area is 256 Å². The molecule has 234 valence electrons. The number of H-pyrrole nitrogens is 1. The monoisotopic (exact) mass is 619 g/mol. The second-order valence-electron chi connectivity index (χ2n) is 11.1. The third kappa shape index (κ3) is 6.00. The number of carbonyl (C=O) groups is 3. The van der Waals surface area contributed by atoms with Crippen molar-refractivity contribution in [3.05, 3.63) is 66.4 Å². The van der Waals surface area contributed by atoms with Crippen molar-refractivity contribution in [1.82, 2.24) is 20.1 Å². The van der Waals surface area contributed by atoms with Crippen LogP contribution in [-0.4, -0.2) is 70.3 Å². The minimum Gasteiger partial charge on any atom is -0.453 e. The van der Waals surface area contributed by atoms with Gasteiger partial charge < -0.3 is 25.0 Å². The largest absolute Gasteiger partial charge is 0.453 e. The van der Waals surface area contributed by atoms with Crippen LogP contribution >= 0.6 is 0 Å². The highest BCUT2D eigenvalue weighted by atomic mass is 19.1. The molecule has 2 aromatic carbocycles. The Bertz CT molecular complexity index is 1740. The summed E-state index contributed by atoms with van der Waals surface area (Å²) in [5, 5.41) is 13.4.